The zero-order valence-electron chi connectivity index (χ0n) is 10.9. The van der Waals surface area contributed by atoms with Gasteiger partial charge in [0.1, 0.15) is 36.6 Å². The number of benzene rings is 2. The Bertz CT molecular complexity index is 564. The van der Waals surface area contributed by atoms with Gasteiger partial charge in [-0.15, -0.1) is 0 Å². The highest BCUT2D eigenvalue weighted by Crippen LogP contribution is 2.21. The third-order valence-electron chi connectivity index (χ3n) is 2.96. The van der Waals surface area contributed by atoms with Gasteiger partial charge in [0, 0.05) is 6.07 Å². The van der Waals surface area contributed by atoms with Crippen molar-refractivity contribution in [3.05, 3.63) is 59.9 Å². The highest BCUT2D eigenvalue weighted by atomic mass is 19.1. The molecule has 1 aliphatic rings. The summed E-state index contributed by atoms with van der Waals surface area (Å²) in [6, 6.07) is 13.7. The van der Waals surface area contributed by atoms with Gasteiger partial charge in [0.05, 0.1) is 6.61 Å². The van der Waals surface area contributed by atoms with Crippen LogP contribution in [0.4, 0.5) is 4.39 Å². The van der Waals surface area contributed by atoms with Gasteiger partial charge in [-0.05, 0) is 29.8 Å². The van der Waals surface area contributed by atoms with Crippen molar-refractivity contribution in [2.75, 3.05) is 13.2 Å². The van der Waals surface area contributed by atoms with Crippen LogP contribution >= 0.6 is 0 Å². The van der Waals surface area contributed by atoms with Gasteiger partial charge in [0.25, 0.3) is 0 Å². The zero-order valence-corrected chi connectivity index (χ0v) is 10.9. The smallest absolute Gasteiger partial charge is 0.123 e. The number of halogens is 1. The molecule has 2 aromatic rings. The van der Waals surface area contributed by atoms with Gasteiger partial charge < -0.3 is 14.2 Å². The number of hydrogen-bond acceptors (Lipinski definition) is 3. The predicted octanol–water partition coefficient (Wildman–Crippen LogP) is 3.18. The summed E-state index contributed by atoms with van der Waals surface area (Å²) in [6.07, 6.45) is 0.235. The molecule has 0 spiro atoms. The fourth-order valence-electron chi connectivity index (χ4n) is 1.75. The van der Waals surface area contributed by atoms with Crippen molar-refractivity contribution in [2.45, 2.75) is 12.7 Å². The van der Waals surface area contributed by atoms with Crippen LogP contribution in [-0.4, -0.2) is 19.3 Å². The molecule has 1 fully saturated rings. The summed E-state index contributed by atoms with van der Waals surface area (Å²) in [6.45, 7) is 1.75. The first-order valence-electron chi connectivity index (χ1n) is 6.51. The Balaban J connectivity index is 1.56. The van der Waals surface area contributed by atoms with Gasteiger partial charge in [0.15, 0.2) is 0 Å². The van der Waals surface area contributed by atoms with E-state index in [2.05, 4.69) is 0 Å². The van der Waals surface area contributed by atoms with Crippen LogP contribution in [0.5, 0.6) is 11.5 Å². The summed E-state index contributed by atoms with van der Waals surface area (Å²) in [5.41, 5.74) is 0.920. The lowest BCUT2D eigenvalue weighted by Crippen LogP contribution is -2.04. The molecule has 0 bridgehead atoms. The van der Waals surface area contributed by atoms with Crippen LogP contribution < -0.4 is 9.47 Å². The summed E-state index contributed by atoms with van der Waals surface area (Å²) >= 11 is 0. The Morgan fingerprint density at radius 3 is 2.45 bits per heavy atom. The highest BCUT2D eigenvalue weighted by Gasteiger charge is 2.23. The molecule has 0 saturated carbocycles. The third kappa shape index (κ3) is 3.71. The molecule has 20 heavy (non-hydrogen) atoms. The molecule has 0 N–H and O–H groups in total. The molecule has 1 atom stereocenters. The molecule has 4 heteroatoms. The summed E-state index contributed by atoms with van der Waals surface area (Å²) < 4.78 is 29.1. The first-order valence-corrected chi connectivity index (χ1v) is 6.51. The van der Waals surface area contributed by atoms with E-state index in [4.69, 9.17) is 14.2 Å². The minimum atomic E-state index is -0.244. The van der Waals surface area contributed by atoms with Gasteiger partial charge in [-0.1, -0.05) is 18.2 Å². The van der Waals surface area contributed by atoms with Gasteiger partial charge in [-0.25, -0.2) is 4.39 Å². The van der Waals surface area contributed by atoms with E-state index >= 15 is 0 Å². The quantitative estimate of drug-likeness (QED) is 0.758. The number of rotatable bonds is 6. The van der Waals surface area contributed by atoms with E-state index in [1.54, 1.807) is 12.1 Å². The van der Waals surface area contributed by atoms with Crippen molar-refractivity contribution < 1.29 is 18.6 Å². The maximum atomic E-state index is 12.8. The summed E-state index contributed by atoms with van der Waals surface area (Å²) in [7, 11) is 0. The van der Waals surface area contributed by atoms with E-state index in [1.807, 2.05) is 24.3 Å². The number of hydrogen-bond donors (Lipinski definition) is 0. The largest absolute Gasteiger partial charge is 0.491 e. The molecule has 0 aromatic heterocycles. The second-order valence-electron chi connectivity index (χ2n) is 4.66. The summed E-state index contributed by atoms with van der Waals surface area (Å²) in [5.74, 6) is 1.24. The number of epoxide rings is 1. The van der Waals surface area contributed by atoms with Crippen molar-refractivity contribution in [1.29, 1.82) is 0 Å². The molecule has 0 radical (unpaired) electrons. The standard InChI is InChI=1S/C16H15FO3/c17-13-6-4-12(5-7-13)9-18-14-2-1-3-15(8-14)19-10-16-11-20-16/h1-8,16H,9-11H2/t16-/m0/s1. The maximum Gasteiger partial charge on any atom is 0.123 e. The Kier molecular flexibility index (Phi) is 3.83. The van der Waals surface area contributed by atoms with Gasteiger partial charge in [-0.2, -0.15) is 0 Å². The van der Waals surface area contributed by atoms with Crippen LogP contribution in [0.15, 0.2) is 48.5 Å². The SMILES string of the molecule is Fc1ccc(COc2cccc(OC[C@H]3CO3)c2)cc1. The summed E-state index contributed by atoms with van der Waals surface area (Å²) in [5, 5.41) is 0. The number of ether oxygens (including phenoxy) is 3. The van der Waals surface area contributed by atoms with Crippen molar-refractivity contribution in [2.24, 2.45) is 0 Å². The maximum absolute atomic E-state index is 12.8. The van der Waals surface area contributed by atoms with Crippen molar-refractivity contribution in [3.8, 4) is 11.5 Å². The van der Waals surface area contributed by atoms with E-state index in [1.165, 1.54) is 12.1 Å². The molecule has 2 aromatic carbocycles. The molecule has 1 heterocycles. The second kappa shape index (κ2) is 5.92. The van der Waals surface area contributed by atoms with Crippen LogP contribution in [0.25, 0.3) is 0 Å². The normalized spacial score (nSPS) is 16.8. The highest BCUT2D eigenvalue weighted by molar-refractivity contribution is 5.33. The van der Waals surface area contributed by atoms with Crippen LogP contribution in [0, 0.1) is 5.82 Å². The lowest BCUT2D eigenvalue weighted by Gasteiger charge is -2.09. The Labute approximate surface area is 116 Å². The third-order valence-corrected chi connectivity index (χ3v) is 2.96. The van der Waals surface area contributed by atoms with E-state index in [0.717, 1.165) is 23.7 Å². The molecular weight excluding hydrogens is 259 g/mol. The monoisotopic (exact) mass is 274 g/mol. The summed E-state index contributed by atoms with van der Waals surface area (Å²) in [4.78, 5) is 0. The Morgan fingerprint density at radius 1 is 1.05 bits per heavy atom. The average molecular weight is 274 g/mol. The van der Waals surface area contributed by atoms with Gasteiger partial charge >= 0.3 is 0 Å². The minimum Gasteiger partial charge on any atom is -0.491 e. The van der Waals surface area contributed by atoms with Gasteiger partial charge in [0.2, 0.25) is 0 Å². The molecule has 1 aliphatic heterocycles. The first-order chi connectivity index (χ1) is 9.79. The molecule has 0 aliphatic carbocycles. The van der Waals surface area contributed by atoms with Crippen molar-refractivity contribution in [3.63, 3.8) is 0 Å². The van der Waals surface area contributed by atoms with E-state index < -0.39 is 0 Å². The molecular formula is C16H15FO3. The van der Waals surface area contributed by atoms with Crippen molar-refractivity contribution >= 4 is 0 Å². The fourth-order valence-corrected chi connectivity index (χ4v) is 1.75. The molecule has 3 nitrogen and oxygen atoms in total. The van der Waals surface area contributed by atoms with Crippen LogP contribution in [-0.2, 0) is 11.3 Å². The predicted molar refractivity (Wildman–Crippen MR) is 72.4 cm³/mol. The van der Waals surface area contributed by atoms with E-state index in [0.29, 0.717) is 13.2 Å². The molecule has 3 rings (SSSR count). The Hall–Kier alpha value is -2.07. The second-order valence-corrected chi connectivity index (χ2v) is 4.66. The lowest BCUT2D eigenvalue weighted by atomic mass is 10.2. The average Bonchev–Trinajstić information content (AvgIpc) is 3.29. The van der Waals surface area contributed by atoms with Crippen LogP contribution in [0.1, 0.15) is 5.56 Å². The molecule has 1 saturated heterocycles. The molecule has 0 amide bonds. The van der Waals surface area contributed by atoms with E-state index in [-0.39, 0.29) is 11.9 Å². The van der Waals surface area contributed by atoms with Crippen LogP contribution in [0.3, 0.4) is 0 Å². The van der Waals surface area contributed by atoms with Gasteiger partial charge in [-0.3, -0.25) is 0 Å². The van der Waals surface area contributed by atoms with Crippen LogP contribution in [0.2, 0.25) is 0 Å². The minimum absolute atomic E-state index is 0.235. The Morgan fingerprint density at radius 2 is 1.75 bits per heavy atom. The zero-order chi connectivity index (χ0) is 13.8. The molecule has 0 unspecified atom stereocenters. The van der Waals surface area contributed by atoms with Crippen molar-refractivity contribution in [1.82, 2.24) is 0 Å². The van der Waals surface area contributed by atoms with E-state index in [9.17, 15) is 4.39 Å². The fraction of sp³-hybridized carbons (Fsp3) is 0.250. The first kappa shape index (κ1) is 12.9. The molecule has 104 valence electrons. The lowest BCUT2D eigenvalue weighted by molar-refractivity contribution is 0.259. The topological polar surface area (TPSA) is 31.0 Å².